The van der Waals surface area contributed by atoms with Crippen molar-refractivity contribution in [2.45, 2.75) is 18.4 Å². The van der Waals surface area contributed by atoms with Crippen LogP contribution in [0.15, 0.2) is 0 Å². The minimum absolute atomic E-state index is 0.400. The molecule has 2 nitrogen and oxygen atoms in total. The fourth-order valence-electron chi connectivity index (χ4n) is 1.46. The molecule has 1 saturated heterocycles. The van der Waals surface area contributed by atoms with Crippen LogP contribution >= 0.6 is 0 Å². The second-order valence-electron chi connectivity index (χ2n) is 3.23. The molecule has 0 bridgehead atoms. The van der Waals surface area contributed by atoms with Gasteiger partial charge in [0.1, 0.15) is 0 Å². The minimum atomic E-state index is -2.26. The van der Waals surface area contributed by atoms with Crippen molar-refractivity contribution in [3.8, 4) is 0 Å². The highest BCUT2D eigenvalue weighted by molar-refractivity contribution is 4.97. The van der Waals surface area contributed by atoms with Crippen LogP contribution in [-0.2, 0) is 0 Å². The van der Waals surface area contributed by atoms with Crippen molar-refractivity contribution in [1.82, 2.24) is 10.2 Å². The van der Waals surface area contributed by atoms with Gasteiger partial charge in [-0.3, -0.25) is 4.90 Å². The maximum atomic E-state index is 12.6. The summed E-state index contributed by atoms with van der Waals surface area (Å²) in [6.45, 7) is 1.10. The quantitative estimate of drug-likeness (QED) is 0.641. The summed E-state index contributed by atoms with van der Waals surface area (Å²) in [4.78, 5) is 1.62. The molecule has 66 valence electrons. The second-order valence-corrected chi connectivity index (χ2v) is 3.23. The minimum Gasteiger partial charge on any atom is -0.315 e. The first-order valence-electron chi connectivity index (χ1n) is 3.76. The van der Waals surface area contributed by atoms with Crippen molar-refractivity contribution < 1.29 is 8.78 Å². The van der Waals surface area contributed by atoms with E-state index < -0.39 is 12.0 Å². The van der Waals surface area contributed by atoms with E-state index in [0.717, 1.165) is 0 Å². The van der Waals surface area contributed by atoms with E-state index in [4.69, 9.17) is 0 Å². The molecule has 0 aliphatic carbocycles. The van der Waals surface area contributed by atoms with E-state index in [1.54, 1.807) is 19.0 Å². The van der Waals surface area contributed by atoms with E-state index in [2.05, 4.69) is 5.32 Å². The van der Waals surface area contributed by atoms with Crippen molar-refractivity contribution >= 4 is 0 Å². The molecule has 0 amide bonds. The zero-order valence-corrected chi connectivity index (χ0v) is 6.90. The van der Waals surface area contributed by atoms with Crippen molar-refractivity contribution in [1.29, 1.82) is 0 Å². The highest BCUT2D eigenvalue weighted by atomic mass is 19.3. The molecule has 1 rings (SSSR count). The molecular formula is C7H14F2N2. The Labute approximate surface area is 65.6 Å². The van der Waals surface area contributed by atoms with E-state index in [9.17, 15) is 8.78 Å². The standard InChI is InChI=1S/C7H14F2N2/c1-11(2)7(6(8)9)3-4-10-5-7/h6,10H,3-5H2,1-2H3. The van der Waals surface area contributed by atoms with Crippen molar-refractivity contribution in [2.75, 3.05) is 27.2 Å². The second kappa shape index (κ2) is 3.03. The van der Waals surface area contributed by atoms with Crippen LogP contribution in [0.2, 0.25) is 0 Å². The molecule has 1 heterocycles. The van der Waals surface area contributed by atoms with Crippen LogP contribution in [-0.4, -0.2) is 44.0 Å². The predicted octanol–water partition coefficient (Wildman–Crippen LogP) is 0.545. The molecule has 1 aliphatic heterocycles. The van der Waals surface area contributed by atoms with Crippen molar-refractivity contribution in [3.63, 3.8) is 0 Å². The fourth-order valence-corrected chi connectivity index (χ4v) is 1.46. The van der Waals surface area contributed by atoms with Gasteiger partial charge in [-0.25, -0.2) is 8.78 Å². The highest BCUT2D eigenvalue weighted by Gasteiger charge is 2.44. The van der Waals surface area contributed by atoms with Gasteiger partial charge in [-0.1, -0.05) is 0 Å². The monoisotopic (exact) mass is 164 g/mol. The Kier molecular flexibility index (Phi) is 2.44. The number of nitrogens with one attached hydrogen (secondary N) is 1. The first-order valence-corrected chi connectivity index (χ1v) is 3.76. The average Bonchev–Trinajstić information content (AvgIpc) is 2.34. The summed E-state index contributed by atoms with van der Waals surface area (Å²) < 4.78 is 25.1. The Morgan fingerprint density at radius 1 is 1.45 bits per heavy atom. The Morgan fingerprint density at radius 3 is 2.27 bits per heavy atom. The molecule has 1 fully saturated rings. The van der Waals surface area contributed by atoms with Gasteiger partial charge in [-0.05, 0) is 27.1 Å². The average molecular weight is 164 g/mol. The zero-order valence-electron chi connectivity index (χ0n) is 6.90. The molecule has 0 aromatic heterocycles. The van der Waals surface area contributed by atoms with E-state index in [-0.39, 0.29) is 0 Å². The van der Waals surface area contributed by atoms with E-state index in [1.807, 2.05) is 0 Å². The molecule has 11 heavy (non-hydrogen) atoms. The van der Waals surface area contributed by atoms with Crippen LogP contribution in [0.1, 0.15) is 6.42 Å². The Hall–Kier alpha value is -0.220. The van der Waals surface area contributed by atoms with E-state index in [1.165, 1.54) is 0 Å². The van der Waals surface area contributed by atoms with Gasteiger partial charge in [0.05, 0.1) is 5.54 Å². The lowest BCUT2D eigenvalue weighted by atomic mass is 9.98. The SMILES string of the molecule is CN(C)C1(C(F)F)CCNC1. The Morgan fingerprint density at radius 2 is 2.09 bits per heavy atom. The molecule has 1 atom stereocenters. The fraction of sp³-hybridized carbons (Fsp3) is 1.00. The van der Waals surface area contributed by atoms with Gasteiger partial charge in [-0.2, -0.15) is 0 Å². The molecule has 0 saturated carbocycles. The van der Waals surface area contributed by atoms with Crippen molar-refractivity contribution in [2.24, 2.45) is 0 Å². The van der Waals surface area contributed by atoms with E-state index >= 15 is 0 Å². The predicted molar refractivity (Wildman–Crippen MR) is 39.9 cm³/mol. The number of alkyl halides is 2. The largest absolute Gasteiger partial charge is 0.315 e. The lowest BCUT2D eigenvalue weighted by Crippen LogP contribution is -2.51. The number of halogens is 2. The topological polar surface area (TPSA) is 15.3 Å². The number of hydrogen-bond donors (Lipinski definition) is 1. The maximum Gasteiger partial charge on any atom is 0.257 e. The van der Waals surface area contributed by atoms with Crippen LogP contribution in [0.4, 0.5) is 8.78 Å². The molecule has 0 radical (unpaired) electrons. The maximum absolute atomic E-state index is 12.6. The van der Waals surface area contributed by atoms with Gasteiger partial charge >= 0.3 is 0 Å². The lowest BCUT2D eigenvalue weighted by Gasteiger charge is -2.34. The molecule has 0 aromatic rings. The van der Waals surface area contributed by atoms with Gasteiger partial charge < -0.3 is 5.32 Å². The van der Waals surface area contributed by atoms with Crippen LogP contribution in [0.25, 0.3) is 0 Å². The Balaban J connectivity index is 2.70. The third-order valence-electron chi connectivity index (χ3n) is 2.46. The molecule has 0 spiro atoms. The van der Waals surface area contributed by atoms with Gasteiger partial charge in [0.2, 0.25) is 0 Å². The number of hydrogen-bond acceptors (Lipinski definition) is 2. The third kappa shape index (κ3) is 1.37. The molecule has 1 unspecified atom stereocenters. The number of rotatable bonds is 2. The highest BCUT2D eigenvalue weighted by Crippen LogP contribution is 2.27. The van der Waals surface area contributed by atoms with Crippen LogP contribution in [0, 0.1) is 0 Å². The summed E-state index contributed by atoms with van der Waals surface area (Å²) in [5.41, 5.74) is -0.917. The van der Waals surface area contributed by atoms with Crippen LogP contribution < -0.4 is 5.32 Å². The summed E-state index contributed by atoms with van der Waals surface area (Å²) in [6.07, 6.45) is -1.72. The molecule has 0 aromatic carbocycles. The summed E-state index contributed by atoms with van der Waals surface area (Å²) >= 11 is 0. The Bertz CT molecular complexity index is 120. The molecule has 1 aliphatic rings. The van der Waals surface area contributed by atoms with Crippen LogP contribution in [0.3, 0.4) is 0 Å². The zero-order chi connectivity index (χ0) is 8.48. The van der Waals surface area contributed by atoms with Gasteiger partial charge in [0.15, 0.2) is 0 Å². The molecule has 1 N–H and O–H groups in total. The third-order valence-corrected chi connectivity index (χ3v) is 2.46. The van der Waals surface area contributed by atoms with Gasteiger partial charge in [0, 0.05) is 6.54 Å². The first-order chi connectivity index (χ1) is 5.09. The van der Waals surface area contributed by atoms with Gasteiger partial charge in [-0.15, -0.1) is 0 Å². The molecular weight excluding hydrogens is 150 g/mol. The van der Waals surface area contributed by atoms with E-state index in [0.29, 0.717) is 19.5 Å². The first kappa shape index (κ1) is 8.87. The normalized spacial score (nSPS) is 32.2. The molecule has 4 heteroatoms. The number of likely N-dealkylation sites (N-methyl/N-ethyl adjacent to an activating group) is 1. The number of nitrogens with zero attached hydrogens (tertiary/aromatic N) is 1. The lowest BCUT2D eigenvalue weighted by molar-refractivity contribution is -0.0188. The summed E-state index contributed by atoms with van der Waals surface area (Å²) in [6, 6.07) is 0. The van der Waals surface area contributed by atoms with Gasteiger partial charge in [0.25, 0.3) is 6.43 Å². The summed E-state index contributed by atoms with van der Waals surface area (Å²) in [5, 5.41) is 2.95. The summed E-state index contributed by atoms with van der Waals surface area (Å²) in [7, 11) is 3.42. The summed E-state index contributed by atoms with van der Waals surface area (Å²) in [5.74, 6) is 0. The van der Waals surface area contributed by atoms with Crippen LogP contribution in [0.5, 0.6) is 0 Å². The smallest absolute Gasteiger partial charge is 0.257 e. The van der Waals surface area contributed by atoms with Crippen molar-refractivity contribution in [3.05, 3.63) is 0 Å².